The van der Waals surface area contributed by atoms with Crippen LogP contribution in [0.1, 0.15) is 29.8 Å². The number of nitrogens with zero attached hydrogens (tertiary/aromatic N) is 3. The number of carbonyl (C=O) groups is 1. The molecule has 1 aromatic rings. The maximum absolute atomic E-state index is 11.7. The molecule has 0 spiro atoms. The van der Waals surface area contributed by atoms with Crippen molar-refractivity contribution in [3.8, 4) is 0 Å². The highest BCUT2D eigenvalue weighted by atomic mass is 32.1. The molecule has 1 amide bonds. The van der Waals surface area contributed by atoms with Crippen molar-refractivity contribution >= 4 is 17.4 Å². The van der Waals surface area contributed by atoms with E-state index in [1.807, 2.05) is 4.90 Å². The van der Waals surface area contributed by atoms with E-state index in [2.05, 4.69) is 9.59 Å². The van der Waals surface area contributed by atoms with E-state index >= 15 is 0 Å². The fourth-order valence-corrected chi connectivity index (χ4v) is 1.95. The second-order valence-electron chi connectivity index (χ2n) is 3.14. The standard InChI is InChI=1S/C8H11N3OS/c12-8(7-6-13-10-9-7)11-4-2-1-3-5-11/h6H,1-5H2. The molecule has 0 N–H and O–H groups in total. The van der Waals surface area contributed by atoms with Crippen LogP contribution >= 0.6 is 11.5 Å². The first-order valence-electron chi connectivity index (χ1n) is 4.44. The summed E-state index contributed by atoms with van der Waals surface area (Å²) in [5, 5.41) is 5.47. The van der Waals surface area contributed by atoms with Crippen molar-refractivity contribution in [1.29, 1.82) is 0 Å². The molecule has 0 unspecified atom stereocenters. The summed E-state index contributed by atoms with van der Waals surface area (Å²) in [5.41, 5.74) is 0.493. The van der Waals surface area contributed by atoms with Gasteiger partial charge in [-0.2, -0.15) is 0 Å². The van der Waals surface area contributed by atoms with Crippen molar-refractivity contribution in [2.24, 2.45) is 0 Å². The van der Waals surface area contributed by atoms with Gasteiger partial charge >= 0.3 is 0 Å². The second kappa shape index (κ2) is 3.83. The minimum atomic E-state index is 0.0356. The van der Waals surface area contributed by atoms with Gasteiger partial charge in [0.15, 0.2) is 5.69 Å². The molecule has 0 bridgehead atoms. The highest BCUT2D eigenvalue weighted by molar-refractivity contribution is 7.03. The van der Waals surface area contributed by atoms with Gasteiger partial charge in [0.2, 0.25) is 0 Å². The van der Waals surface area contributed by atoms with Crippen LogP contribution in [0.3, 0.4) is 0 Å². The Morgan fingerprint density at radius 1 is 1.38 bits per heavy atom. The number of aromatic nitrogens is 2. The third kappa shape index (κ3) is 1.85. The minimum Gasteiger partial charge on any atom is -0.337 e. The van der Waals surface area contributed by atoms with Crippen molar-refractivity contribution < 1.29 is 4.79 Å². The van der Waals surface area contributed by atoms with Crippen molar-refractivity contribution in [1.82, 2.24) is 14.5 Å². The number of hydrogen-bond acceptors (Lipinski definition) is 4. The Balaban J connectivity index is 2.04. The SMILES string of the molecule is O=C(c1csnn1)N1CCCCC1. The van der Waals surface area contributed by atoms with Crippen LogP contribution < -0.4 is 0 Å². The molecular weight excluding hydrogens is 186 g/mol. The lowest BCUT2D eigenvalue weighted by molar-refractivity contribution is 0.0718. The first-order valence-corrected chi connectivity index (χ1v) is 5.28. The molecule has 1 aliphatic heterocycles. The third-order valence-electron chi connectivity index (χ3n) is 2.22. The van der Waals surface area contributed by atoms with Gasteiger partial charge in [-0.25, -0.2) is 0 Å². The Hall–Kier alpha value is -0.970. The number of piperidine rings is 1. The summed E-state index contributed by atoms with van der Waals surface area (Å²) >= 11 is 1.22. The fraction of sp³-hybridized carbons (Fsp3) is 0.625. The first-order chi connectivity index (χ1) is 6.38. The molecule has 70 valence electrons. The predicted octanol–water partition coefficient (Wildman–Crippen LogP) is 1.16. The topological polar surface area (TPSA) is 46.1 Å². The summed E-state index contributed by atoms with van der Waals surface area (Å²) in [6.07, 6.45) is 3.46. The summed E-state index contributed by atoms with van der Waals surface area (Å²) in [6, 6.07) is 0. The predicted molar refractivity (Wildman–Crippen MR) is 49.7 cm³/mol. The van der Waals surface area contributed by atoms with Crippen molar-refractivity contribution in [3.05, 3.63) is 11.1 Å². The summed E-state index contributed by atoms with van der Waals surface area (Å²) in [4.78, 5) is 13.6. The number of carbonyl (C=O) groups excluding carboxylic acids is 1. The zero-order valence-corrected chi connectivity index (χ0v) is 8.09. The van der Waals surface area contributed by atoms with Crippen LogP contribution in [0.2, 0.25) is 0 Å². The van der Waals surface area contributed by atoms with E-state index < -0.39 is 0 Å². The molecule has 1 saturated heterocycles. The van der Waals surface area contributed by atoms with Crippen LogP contribution in [0.4, 0.5) is 0 Å². The van der Waals surface area contributed by atoms with Crippen LogP contribution in [-0.2, 0) is 0 Å². The van der Waals surface area contributed by atoms with E-state index in [0.29, 0.717) is 5.69 Å². The zero-order chi connectivity index (χ0) is 9.10. The van der Waals surface area contributed by atoms with Gasteiger partial charge in [-0.05, 0) is 30.8 Å². The van der Waals surface area contributed by atoms with Crippen LogP contribution in [-0.4, -0.2) is 33.5 Å². The maximum atomic E-state index is 11.7. The third-order valence-corrected chi connectivity index (χ3v) is 2.73. The minimum absolute atomic E-state index is 0.0356. The molecule has 1 aromatic heterocycles. The zero-order valence-electron chi connectivity index (χ0n) is 7.27. The highest BCUT2D eigenvalue weighted by Crippen LogP contribution is 2.12. The Morgan fingerprint density at radius 2 is 2.15 bits per heavy atom. The molecule has 0 atom stereocenters. The Bertz CT molecular complexity index is 280. The summed E-state index contributed by atoms with van der Waals surface area (Å²) in [6.45, 7) is 1.74. The van der Waals surface area contributed by atoms with Gasteiger partial charge in [-0.3, -0.25) is 4.79 Å². The molecule has 1 aliphatic rings. The van der Waals surface area contributed by atoms with E-state index in [1.54, 1.807) is 5.38 Å². The monoisotopic (exact) mass is 197 g/mol. The molecule has 4 nitrogen and oxygen atoms in total. The van der Waals surface area contributed by atoms with Gasteiger partial charge < -0.3 is 4.90 Å². The van der Waals surface area contributed by atoms with Crippen LogP contribution in [0.15, 0.2) is 5.38 Å². The first kappa shape index (κ1) is 8.62. The lowest BCUT2D eigenvalue weighted by atomic mass is 10.1. The average Bonchev–Trinajstić information content (AvgIpc) is 2.71. The van der Waals surface area contributed by atoms with Gasteiger partial charge in [-0.1, -0.05) is 4.49 Å². The van der Waals surface area contributed by atoms with Crippen LogP contribution in [0.5, 0.6) is 0 Å². The summed E-state index contributed by atoms with van der Waals surface area (Å²) in [7, 11) is 0. The number of likely N-dealkylation sites (tertiary alicyclic amines) is 1. The van der Waals surface area contributed by atoms with Gasteiger partial charge in [0.25, 0.3) is 5.91 Å². The van der Waals surface area contributed by atoms with Gasteiger partial charge in [0.05, 0.1) is 0 Å². The number of hydrogen-bond donors (Lipinski definition) is 0. The summed E-state index contributed by atoms with van der Waals surface area (Å²) in [5.74, 6) is 0.0356. The largest absolute Gasteiger partial charge is 0.337 e. The quantitative estimate of drug-likeness (QED) is 0.678. The highest BCUT2D eigenvalue weighted by Gasteiger charge is 2.19. The Morgan fingerprint density at radius 3 is 2.77 bits per heavy atom. The van der Waals surface area contributed by atoms with E-state index in [-0.39, 0.29) is 5.91 Å². The van der Waals surface area contributed by atoms with Crippen molar-refractivity contribution in [3.63, 3.8) is 0 Å². The second-order valence-corrected chi connectivity index (χ2v) is 3.75. The lowest BCUT2D eigenvalue weighted by Gasteiger charge is -2.25. The number of rotatable bonds is 1. The van der Waals surface area contributed by atoms with E-state index in [4.69, 9.17) is 0 Å². The van der Waals surface area contributed by atoms with Crippen LogP contribution in [0, 0.1) is 0 Å². The van der Waals surface area contributed by atoms with E-state index in [0.717, 1.165) is 25.9 Å². The van der Waals surface area contributed by atoms with Crippen molar-refractivity contribution in [2.45, 2.75) is 19.3 Å². The van der Waals surface area contributed by atoms with Gasteiger partial charge in [0, 0.05) is 18.5 Å². The van der Waals surface area contributed by atoms with Gasteiger partial charge in [-0.15, -0.1) is 5.10 Å². The molecule has 5 heteroatoms. The molecule has 0 aliphatic carbocycles. The Labute approximate surface area is 80.7 Å². The van der Waals surface area contributed by atoms with Crippen LogP contribution in [0.25, 0.3) is 0 Å². The van der Waals surface area contributed by atoms with Crippen molar-refractivity contribution in [2.75, 3.05) is 13.1 Å². The molecule has 13 heavy (non-hydrogen) atoms. The maximum Gasteiger partial charge on any atom is 0.275 e. The Kier molecular flexibility index (Phi) is 2.54. The molecule has 1 fully saturated rings. The fourth-order valence-electron chi connectivity index (χ4n) is 1.52. The van der Waals surface area contributed by atoms with E-state index in [1.165, 1.54) is 18.0 Å². The molecule has 0 radical (unpaired) electrons. The van der Waals surface area contributed by atoms with E-state index in [9.17, 15) is 4.79 Å². The molecular formula is C8H11N3OS. The summed E-state index contributed by atoms with van der Waals surface area (Å²) < 4.78 is 3.68. The smallest absolute Gasteiger partial charge is 0.275 e. The molecule has 0 aromatic carbocycles. The molecule has 2 rings (SSSR count). The molecule has 2 heterocycles. The lowest BCUT2D eigenvalue weighted by Crippen LogP contribution is -2.35. The van der Waals surface area contributed by atoms with Gasteiger partial charge in [0.1, 0.15) is 0 Å². The molecule has 0 saturated carbocycles. The average molecular weight is 197 g/mol. The number of amides is 1. The normalized spacial score (nSPS) is 17.4.